The van der Waals surface area contributed by atoms with Crippen molar-refractivity contribution in [3.05, 3.63) is 23.8 Å². The Morgan fingerprint density at radius 3 is 2.77 bits per heavy atom. The van der Waals surface area contributed by atoms with Crippen LogP contribution in [0.3, 0.4) is 0 Å². The van der Waals surface area contributed by atoms with Gasteiger partial charge in [-0.1, -0.05) is 19.9 Å². The van der Waals surface area contributed by atoms with E-state index in [0.717, 1.165) is 36.3 Å². The summed E-state index contributed by atoms with van der Waals surface area (Å²) in [5.41, 5.74) is 1.18. The fourth-order valence-corrected chi connectivity index (χ4v) is 6.66. The normalized spacial score (nSPS) is 33.3. The second-order valence-electron chi connectivity index (χ2n) is 10.4. The van der Waals surface area contributed by atoms with Crippen molar-refractivity contribution in [2.45, 2.75) is 71.6 Å². The minimum atomic E-state index is -0.116. The number of hydrogen-bond donors (Lipinski definition) is 2. The van der Waals surface area contributed by atoms with Gasteiger partial charge in [0.2, 0.25) is 5.91 Å². The highest BCUT2D eigenvalue weighted by molar-refractivity contribution is 5.76. The number of rotatable bonds is 7. The van der Waals surface area contributed by atoms with Crippen LogP contribution in [0.4, 0.5) is 0 Å². The molecule has 6 heteroatoms. The summed E-state index contributed by atoms with van der Waals surface area (Å²) in [7, 11) is 1.67. The van der Waals surface area contributed by atoms with Gasteiger partial charge in [0.1, 0.15) is 0 Å². The average molecular weight is 432 g/mol. The van der Waals surface area contributed by atoms with Crippen molar-refractivity contribution in [2.24, 2.45) is 22.7 Å². The van der Waals surface area contributed by atoms with E-state index in [-0.39, 0.29) is 48.0 Å². The van der Waals surface area contributed by atoms with Gasteiger partial charge in [0, 0.05) is 19.1 Å². The summed E-state index contributed by atoms with van der Waals surface area (Å²) >= 11 is 0. The molecule has 172 valence electrons. The molecule has 0 aromatic heterocycles. The molecule has 1 aromatic carbocycles. The zero-order valence-electron chi connectivity index (χ0n) is 19.4. The quantitative estimate of drug-likeness (QED) is 0.685. The van der Waals surface area contributed by atoms with E-state index < -0.39 is 0 Å². The maximum absolute atomic E-state index is 12.5. The Morgan fingerprint density at radius 1 is 1.32 bits per heavy atom. The van der Waals surface area contributed by atoms with Gasteiger partial charge in [0.25, 0.3) is 0 Å². The molecule has 2 N–H and O–H groups in total. The lowest BCUT2D eigenvalue weighted by atomic mass is 9.59. The number of benzene rings is 1. The van der Waals surface area contributed by atoms with Crippen molar-refractivity contribution in [1.82, 2.24) is 5.32 Å². The van der Waals surface area contributed by atoms with Crippen LogP contribution in [0.2, 0.25) is 0 Å². The molecule has 1 aromatic rings. The van der Waals surface area contributed by atoms with E-state index in [4.69, 9.17) is 14.2 Å². The minimum Gasteiger partial charge on any atom is -0.493 e. The van der Waals surface area contributed by atoms with Crippen molar-refractivity contribution in [3.63, 3.8) is 0 Å². The van der Waals surface area contributed by atoms with Crippen LogP contribution >= 0.6 is 0 Å². The number of aliphatic hydroxyl groups excluding tert-OH is 1. The molecule has 1 amide bonds. The molecule has 3 aliphatic rings. The second-order valence-corrected chi connectivity index (χ2v) is 10.4. The van der Waals surface area contributed by atoms with Crippen LogP contribution in [-0.2, 0) is 9.53 Å². The smallest absolute Gasteiger partial charge is 0.222 e. The zero-order valence-corrected chi connectivity index (χ0v) is 19.4. The summed E-state index contributed by atoms with van der Waals surface area (Å²) < 4.78 is 17.9. The number of fused-ring (bicyclic) bond motifs is 1. The van der Waals surface area contributed by atoms with E-state index in [1.54, 1.807) is 7.11 Å². The Labute approximate surface area is 185 Å². The lowest BCUT2D eigenvalue weighted by molar-refractivity contribution is -0.137. The van der Waals surface area contributed by atoms with Gasteiger partial charge in [0.15, 0.2) is 11.5 Å². The number of methoxy groups -OCH3 is 1. The molecular formula is C25H37NO5. The molecule has 1 aliphatic heterocycles. The molecule has 6 nitrogen and oxygen atoms in total. The summed E-state index contributed by atoms with van der Waals surface area (Å²) in [6.07, 6.45) is 3.41. The third kappa shape index (κ3) is 3.72. The molecular weight excluding hydrogens is 394 g/mol. The van der Waals surface area contributed by atoms with Crippen molar-refractivity contribution < 1.29 is 24.1 Å². The highest BCUT2D eigenvalue weighted by Crippen LogP contribution is 2.70. The summed E-state index contributed by atoms with van der Waals surface area (Å²) in [5.74, 6) is 2.31. The zero-order chi connectivity index (χ0) is 22.4. The maximum atomic E-state index is 12.5. The standard InChI is InChI=1S/C25H37NO5/c1-15(2)31-19-7-6-16(12-20(19)29-5)22-18-13-17-14-25(18,9-11-30-22)23(24(17,3)4)26-21(28)8-10-27/h6-7,12,15,17-18,22-23,27H,8-11,13-14H2,1-5H3,(H,26,28)/t17-,18-,22-,23+,25?/m1/s1. The van der Waals surface area contributed by atoms with Crippen LogP contribution < -0.4 is 14.8 Å². The van der Waals surface area contributed by atoms with E-state index in [1.807, 2.05) is 19.9 Å². The topological polar surface area (TPSA) is 77.0 Å². The monoisotopic (exact) mass is 431 g/mol. The van der Waals surface area contributed by atoms with Crippen LogP contribution in [0.5, 0.6) is 11.5 Å². The van der Waals surface area contributed by atoms with Gasteiger partial charge >= 0.3 is 0 Å². The fraction of sp³-hybridized carbons (Fsp3) is 0.720. The Morgan fingerprint density at radius 2 is 2.10 bits per heavy atom. The highest BCUT2D eigenvalue weighted by Gasteiger charge is 2.68. The predicted molar refractivity (Wildman–Crippen MR) is 118 cm³/mol. The van der Waals surface area contributed by atoms with E-state index in [2.05, 4.69) is 31.3 Å². The van der Waals surface area contributed by atoms with Gasteiger partial charge in [-0.25, -0.2) is 0 Å². The summed E-state index contributed by atoms with van der Waals surface area (Å²) in [5, 5.41) is 12.5. The van der Waals surface area contributed by atoms with Crippen LogP contribution in [-0.4, -0.2) is 43.5 Å². The fourth-order valence-electron chi connectivity index (χ4n) is 6.66. The van der Waals surface area contributed by atoms with Gasteiger partial charge in [0.05, 0.1) is 25.9 Å². The van der Waals surface area contributed by atoms with E-state index in [1.165, 1.54) is 0 Å². The lowest BCUT2D eigenvalue weighted by Gasteiger charge is -2.53. The van der Waals surface area contributed by atoms with Gasteiger partial charge in [-0.2, -0.15) is 0 Å². The molecule has 1 unspecified atom stereocenters. The number of carbonyl (C=O) groups excluding carboxylic acids is 1. The minimum absolute atomic E-state index is 0.0194. The third-order valence-electron chi connectivity index (χ3n) is 8.03. The van der Waals surface area contributed by atoms with Crippen molar-refractivity contribution in [2.75, 3.05) is 20.3 Å². The van der Waals surface area contributed by atoms with Crippen molar-refractivity contribution >= 4 is 5.91 Å². The summed E-state index contributed by atoms with van der Waals surface area (Å²) in [4.78, 5) is 12.5. The van der Waals surface area contributed by atoms with Crippen LogP contribution in [0.1, 0.15) is 65.0 Å². The van der Waals surface area contributed by atoms with Crippen molar-refractivity contribution in [1.29, 1.82) is 0 Å². The molecule has 4 rings (SSSR count). The second kappa shape index (κ2) is 8.28. The Balaban J connectivity index is 1.64. The lowest BCUT2D eigenvalue weighted by Crippen LogP contribution is -2.59. The number of ether oxygens (including phenoxy) is 3. The Kier molecular flexibility index (Phi) is 5.99. The number of amides is 1. The SMILES string of the molecule is COc1cc([C@H]2OCCC34C[C@@H](C[C@H]23)C(C)(C)[C@@H]4NC(=O)CCO)ccc1OC(C)C. The Bertz CT molecular complexity index is 822. The molecule has 1 saturated heterocycles. The molecule has 2 aliphatic carbocycles. The van der Waals surface area contributed by atoms with Crippen LogP contribution in [0.25, 0.3) is 0 Å². The number of aliphatic hydroxyl groups is 1. The molecule has 31 heavy (non-hydrogen) atoms. The summed E-state index contributed by atoms with van der Waals surface area (Å²) in [6.45, 7) is 9.15. The molecule has 0 radical (unpaired) electrons. The number of nitrogens with one attached hydrogen (secondary N) is 1. The molecule has 1 spiro atoms. The first-order valence-corrected chi connectivity index (χ1v) is 11.6. The van der Waals surface area contributed by atoms with E-state index in [9.17, 15) is 9.90 Å². The molecule has 5 atom stereocenters. The van der Waals surface area contributed by atoms with Gasteiger partial charge in [-0.15, -0.1) is 0 Å². The molecule has 1 heterocycles. The van der Waals surface area contributed by atoms with Crippen LogP contribution in [0.15, 0.2) is 18.2 Å². The third-order valence-corrected chi connectivity index (χ3v) is 8.03. The largest absolute Gasteiger partial charge is 0.493 e. The van der Waals surface area contributed by atoms with E-state index in [0.29, 0.717) is 18.4 Å². The summed E-state index contributed by atoms with van der Waals surface area (Å²) in [6, 6.07) is 6.23. The van der Waals surface area contributed by atoms with Gasteiger partial charge < -0.3 is 24.6 Å². The number of carbonyl (C=O) groups is 1. The first-order chi connectivity index (χ1) is 14.7. The first kappa shape index (κ1) is 22.4. The van der Waals surface area contributed by atoms with E-state index >= 15 is 0 Å². The predicted octanol–water partition coefficient (Wildman–Crippen LogP) is 3.86. The number of hydrogen-bond acceptors (Lipinski definition) is 5. The molecule has 2 saturated carbocycles. The Hall–Kier alpha value is -1.79. The van der Waals surface area contributed by atoms with Gasteiger partial charge in [-0.05, 0) is 73.5 Å². The van der Waals surface area contributed by atoms with Gasteiger partial charge in [-0.3, -0.25) is 4.79 Å². The maximum Gasteiger partial charge on any atom is 0.222 e. The van der Waals surface area contributed by atoms with Crippen molar-refractivity contribution in [3.8, 4) is 11.5 Å². The highest BCUT2D eigenvalue weighted by atomic mass is 16.5. The first-order valence-electron chi connectivity index (χ1n) is 11.6. The molecule has 2 bridgehead atoms. The average Bonchev–Trinajstić information content (AvgIpc) is 3.20. The molecule has 3 fully saturated rings. The van der Waals surface area contributed by atoms with Crippen LogP contribution in [0, 0.1) is 22.7 Å².